The Kier molecular flexibility index (Phi) is 42.2. The van der Waals surface area contributed by atoms with Crippen molar-refractivity contribution in [3.63, 3.8) is 0 Å². The maximum Gasteiger partial charge on any atom is 0.119 e. The van der Waals surface area contributed by atoms with Crippen LogP contribution in [-0.4, -0.2) is 45.7 Å². The number of methoxy groups -OCH3 is 1. The van der Waals surface area contributed by atoms with Gasteiger partial charge in [-0.2, -0.15) is 0 Å². The van der Waals surface area contributed by atoms with Crippen LogP contribution in [0.15, 0.2) is 78.9 Å². The maximum absolute atomic E-state index is 5.40. The van der Waals surface area contributed by atoms with Crippen molar-refractivity contribution >= 4 is 10.8 Å². The normalized spacial score (nSPS) is 14.2. The van der Waals surface area contributed by atoms with Crippen molar-refractivity contribution in [2.45, 2.75) is 95.3 Å². The van der Waals surface area contributed by atoms with Crippen molar-refractivity contribution in [2.75, 3.05) is 33.5 Å². The Morgan fingerprint density at radius 2 is 0.821 bits per heavy atom. The average Bonchev–Trinajstić information content (AvgIpc) is 4.01. The fourth-order valence-electron chi connectivity index (χ4n) is 2.35. The molecule has 2 fully saturated rings. The summed E-state index contributed by atoms with van der Waals surface area (Å²) in [6.45, 7) is 27.2. The van der Waals surface area contributed by atoms with E-state index in [0.29, 0.717) is 18.8 Å². The number of para-hydroxylation sites is 1. The summed E-state index contributed by atoms with van der Waals surface area (Å²) in [6, 6.07) is 26.5. The van der Waals surface area contributed by atoms with Gasteiger partial charge >= 0.3 is 0 Å². The minimum absolute atomic E-state index is 0.343. The van der Waals surface area contributed by atoms with Crippen LogP contribution < -0.4 is 4.74 Å². The van der Waals surface area contributed by atoms with Crippen LogP contribution in [0.1, 0.15) is 83.1 Å². The minimum atomic E-state index is 0.343. The second-order valence-electron chi connectivity index (χ2n) is 6.34. The largest absolute Gasteiger partial charge is 0.491 e. The van der Waals surface area contributed by atoms with Crippen molar-refractivity contribution in [3.8, 4) is 5.75 Å². The molecule has 0 N–H and O–H groups in total. The van der Waals surface area contributed by atoms with E-state index in [9.17, 15) is 0 Å². The lowest BCUT2D eigenvalue weighted by molar-refractivity contribution is 0.171. The Hall–Kier alpha value is -2.40. The third-order valence-corrected chi connectivity index (χ3v) is 4.00. The van der Waals surface area contributed by atoms with Crippen LogP contribution in [0, 0.1) is 0 Å². The molecule has 2 atom stereocenters. The number of ether oxygens (including phenoxy) is 4. The van der Waals surface area contributed by atoms with E-state index in [1.807, 2.05) is 113 Å². The van der Waals surface area contributed by atoms with Gasteiger partial charge in [0.1, 0.15) is 24.6 Å². The van der Waals surface area contributed by atoms with Crippen LogP contribution in [0.5, 0.6) is 5.75 Å². The fraction of sp³-hybridized carbons (Fsp3) is 0.543. The highest BCUT2D eigenvalue weighted by Gasteiger charge is 2.22. The summed E-state index contributed by atoms with van der Waals surface area (Å²) in [5, 5.41) is 2.62. The van der Waals surface area contributed by atoms with Gasteiger partial charge in [0.05, 0.1) is 19.8 Å². The smallest absolute Gasteiger partial charge is 0.119 e. The molecule has 2 heterocycles. The molecular weight excluding hydrogens is 484 g/mol. The third kappa shape index (κ3) is 28.4. The van der Waals surface area contributed by atoms with Gasteiger partial charge in [0.2, 0.25) is 0 Å². The average molecular weight is 547 g/mol. The number of hydrogen-bond acceptors (Lipinski definition) is 4. The number of epoxide rings is 2. The summed E-state index contributed by atoms with van der Waals surface area (Å²) in [6.07, 6.45) is 0.769. The highest BCUT2D eigenvalue weighted by molar-refractivity contribution is 5.82. The molecule has 226 valence electrons. The van der Waals surface area contributed by atoms with Gasteiger partial charge in [-0.3, -0.25) is 0 Å². The van der Waals surface area contributed by atoms with Crippen LogP contribution >= 0.6 is 0 Å². The number of fused-ring (bicyclic) bond motifs is 1. The Morgan fingerprint density at radius 1 is 0.513 bits per heavy atom. The summed E-state index contributed by atoms with van der Waals surface area (Å²) < 4.78 is 20.0. The molecule has 2 aliphatic heterocycles. The summed E-state index contributed by atoms with van der Waals surface area (Å²) in [7, 11) is 1.68. The van der Waals surface area contributed by atoms with Gasteiger partial charge in [-0.25, -0.2) is 0 Å². The van der Waals surface area contributed by atoms with Crippen molar-refractivity contribution < 1.29 is 18.9 Å². The molecule has 5 rings (SSSR count). The van der Waals surface area contributed by atoms with Crippen LogP contribution in [0.4, 0.5) is 0 Å². The molecule has 2 aliphatic rings. The van der Waals surface area contributed by atoms with Crippen LogP contribution in [-0.2, 0) is 14.2 Å². The van der Waals surface area contributed by atoms with E-state index in [0.717, 1.165) is 25.6 Å². The van der Waals surface area contributed by atoms with Crippen LogP contribution in [0.3, 0.4) is 0 Å². The molecule has 39 heavy (non-hydrogen) atoms. The van der Waals surface area contributed by atoms with E-state index in [1.165, 1.54) is 10.8 Å². The van der Waals surface area contributed by atoms with Gasteiger partial charge in [-0.15, -0.1) is 0 Å². The molecule has 0 amide bonds. The first kappa shape index (κ1) is 43.6. The van der Waals surface area contributed by atoms with Crippen LogP contribution in [0.25, 0.3) is 10.8 Å². The molecule has 0 spiro atoms. The minimum Gasteiger partial charge on any atom is -0.491 e. The number of rotatable bonds is 5. The second-order valence-corrected chi connectivity index (χ2v) is 6.34. The lowest BCUT2D eigenvalue weighted by Gasteiger charge is -2.01. The molecule has 2 unspecified atom stereocenters. The predicted molar refractivity (Wildman–Crippen MR) is 175 cm³/mol. The number of hydrogen-bond donors (Lipinski definition) is 0. The van der Waals surface area contributed by atoms with Crippen molar-refractivity contribution in [1.29, 1.82) is 0 Å². The Morgan fingerprint density at radius 3 is 1.10 bits per heavy atom. The number of benzene rings is 3. The van der Waals surface area contributed by atoms with E-state index in [2.05, 4.69) is 48.5 Å². The molecule has 3 aromatic rings. The van der Waals surface area contributed by atoms with Crippen molar-refractivity contribution in [1.82, 2.24) is 0 Å². The second kappa shape index (κ2) is 37.8. The topological polar surface area (TPSA) is 43.5 Å². The summed E-state index contributed by atoms with van der Waals surface area (Å²) in [5.41, 5.74) is 0. The lowest BCUT2D eigenvalue weighted by Crippen LogP contribution is -2.03. The standard InChI is InChI=1S/C10H8.C9H10O2.C4H8O2.6C2H6/c1-2-6-10-8-4-3-7-9(10)5-1;1-2-4-8(5-3-1)10-6-9-7-11-9;1-5-2-4-3-6-4;6*1-2/h1-8H;1-5,9H,6-7H2;4H,2-3H2,1H3;6*1-2H3. The quantitative estimate of drug-likeness (QED) is 0.299. The summed E-state index contributed by atoms with van der Waals surface area (Å²) >= 11 is 0. The van der Waals surface area contributed by atoms with Crippen molar-refractivity contribution in [3.05, 3.63) is 78.9 Å². The van der Waals surface area contributed by atoms with E-state index < -0.39 is 0 Å². The lowest BCUT2D eigenvalue weighted by atomic mass is 10.1. The Balaban J connectivity index is -0.000000202. The summed E-state index contributed by atoms with van der Waals surface area (Å²) in [4.78, 5) is 0. The van der Waals surface area contributed by atoms with E-state index in [1.54, 1.807) is 7.11 Å². The highest BCUT2D eigenvalue weighted by Crippen LogP contribution is 2.13. The SMILES string of the molecule is CC.CC.CC.CC.CC.CC.COCC1CO1.c1ccc(OCC2CO2)cc1.c1ccc2ccccc2c1. The molecule has 4 nitrogen and oxygen atoms in total. The zero-order chi connectivity index (χ0) is 30.7. The molecule has 0 aromatic heterocycles. The first-order chi connectivity index (χ1) is 19.3. The van der Waals surface area contributed by atoms with Gasteiger partial charge in [0.15, 0.2) is 0 Å². The van der Waals surface area contributed by atoms with E-state index in [-0.39, 0.29) is 0 Å². The van der Waals surface area contributed by atoms with Gasteiger partial charge in [-0.1, -0.05) is 150 Å². The molecule has 0 saturated carbocycles. The molecule has 0 bridgehead atoms. The molecule has 0 aliphatic carbocycles. The predicted octanol–water partition coefficient (Wildman–Crippen LogP) is 10.5. The monoisotopic (exact) mass is 546 g/mol. The molecule has 3 aromatic carbocycles. The highest BCUT2D eigenvalue weighted by atomic mass is 16.6. The van der Waals surface area contributed by atoms with Crippen molar-refractivity contribution in [2.24, 2.45) is 0 Å². The molecule has 2 saturated heterocycles. The first-order valence-corrected chi connectivity index (χ1v) is 15.2. The fourth-order valence-corrected chi connectivity index (χ4v) is 2.35. The Labute approximate surface area is 243 Å². The van der Waals surface area contributed by atoms with Crippen LogP contribution in [0.2, 0.25) is 0 Å². The van der Waals surface area contributed by atoms with E-state index in [4.69, 9.17) is 18.9 Å². The Bertz CT molecular complexity index is 719. The third-order valence-electron chi connectivity index (χ3n) is 4.00. The molecular formula is C35H62O4. The van der Waals surface area contributed by atoms with E-state index >= 15 is 0 Å². The zero-order valence-electron chi connectivity index (χ0n) is 27.6. The summed E-state index contributed by atoms with van der Waals surface area (Å²) in [5.74, 6) is 0.919. The van der Waals surface area contributed by atoms with Gasteiger partial charge in [0, 0.05) is 7.11 Å². The maximum atomic E-state index is 5.40. The van der Waals surface area contributed by atoms with Gasteiger partial charge < -0.3 is 18.9 Å². The van der Waals surface area contributed by atoms with Gasteiger partial charge in [-0.05, 0) is 22.9 Å². The molecule has 4 heteroatoms. The van der Waals surface area contributed by atoms with Gasteiger partial charge in [0.25, 0.3) is 0 Å². The molecule has 0 radical (unpaired) electrons. The zero-order valence-corrected chi connectivity index (χ0v) is 27.6. The first-order valence-electron chi connectivity index (χ1n) is 15.2.